The molecule has 0 bridgehead atoms. The minimum Gasteiger partial charge on any atom is -0.370 e. The Bertz CT molecular complexity index is 1440. The Hall–Kier alpha value is -2.94. The summed E-state index contributed by atoms with van der Waals surface area (Å²) in [6, 6.07) is 14.4. The molecule has 5 heterocycles. The number of benzene rings is 1. The summed E-state index contributed by atoms with van der Waals surface area (Å²) in [6.45, 7) is 8.69. The minimum absolute atomic E-state index is 0.102. The van der Waals surface area contributed by atoms with Gasteiger partial charge in [-0.2, -0.15) is 0 Å². The predicted octanol–water partition coefficient (Wildman–Crippen LogP) is 7.01. The molecule has 0 aliphatic carbocycles. The van der Waals surface area contributed by atoms with E-state index in [1.165, 1.54) is 18.4 Å². The van der Waals surface area contributed by atoms with Crippen molar-refractivity contribution < 1.29 is 0 Å². The Morgan fingerprint density at radius 3 is 2.55 bits per heavy atom. The van der Waals surface area contributed by atoms with Crippen LogP contribution in [0.25, 0.3) is 5.13 Å². The molecule has 0 saturated carbocycles. The van der Waals surface area contributed by atoms with Gasteiger partial charge in [0.2, 0.25) is 0 Å². The van der Waals surface area contributed by atoms with E-state index >= 15 is 0 Å². The fraction of sp³-hybridized carbons (Fsp3) is 0.345. The quantitative estimate of drug-likeness (QED) is 0.264. The van der Waals surface area contributed by atoms with Gasteiger partial charge in [-0.3, -0.25) is 9.55 Å². The number of hydrogen-bond acceptors (Lipinski definition) is 5. The number of hydrogen-bond donors (Lipinski definition) is 1. The van der Waals surface area contributed by atoms with Crippen molar-refractivity contribution in [1.29, 1.82) is 0 Å². The Morgan fingerprint density at radius 2 is 1.87 bits per heavy atom. The number of rotatable bonds is 5. The van der Waals surface area contributed by atoms with Crippen LogP contribution in [-0.4, -0.2) is 32.7 Å². The third-order valence-corrected chi connectivity index (χ3v) is 9.21. The zero-order valence-electron chi connectivity index (χ0n) is 21.8. The van der Waals surface area contributed by atoms with Crippen LogP contribution in [0.5, 0.6) is 0 Å². The van der Waals surface area contributed by atoms with Crippen molar-refractivity contribution in [3.8, 4) is 5.13 Å². The number of aryl methyl sites for hydroxylation is 1. The van der Waals surface area contributed by atoms with E-state index in [9.17, 15) is 0 Å². The highest BCUT2D eigenvalue weighted by Crippen LogP contribution is 2.45. The van der Waals surface area contributed by atoms with E-state index in [-0.39, 0.29) is 12.1 Å². The van der Waals surface area contributed by atoms with Crippen LogP contribution in [0.1, 0.15) is 54.5 Å². The maximum atomic E-state index is 6.95. The number of piperidine rings is 1. The standard InChI is InChI=1S/C29H31ClN6S2/c1-18-9-13-34(14-10-18)25-8-7-21(17-23(25)30)36-27(26(33-28(36)37)24-6-4-5-11-31-24)22-16-19(2)35(20(22)3)29-32-12-15-38-29/h4-8,11-12,15-18,26-27H,9-10,13-14H2,1-3H3,(H,33,37)/t26-,27-/m0/s1. The van der Waals surface area contributed by atoms with Gasteiger partial charge in [-0.05, 0) is 86.8 Å². The normalized spacial score (nSPS) is 20.3. The number of thiocarbonyl (C=S) groups is 1. The van der Waals surface area contributed by atoms with Crippen molar-refractivity contribution in [2.24, 2.45) is 5.92 Å². The van der Waals surface area contributed by atoms with Gasteiger partial charge in [0.1, 0.15) is 0 Å². The second kappa shape index (κ2) is 10.3. The first-order chi connectivity index (χ1) is 18.4. The lowest BCUT2D eigenvalue weighted by molar-refractivity contribution is 0.438. The Labute approximate surface area is 238 Å². The van der Waals surface area contributed by atoms with E-state index in [2.05, 4.69) is 75.8 Å². The van der Waals surface area contributed by atoms with Gasteiger partial charge in [-0.25, -0.2) is 4.98 Å². The van der Waals surface area contributed by atoms with E-state index in [0.29, 0.717) is 5.11 Å². The average molecular weight is 563 g/mol. The Kier molecular flexibility index (Phi) is 6.88. The molecule has 2 saturated heterocycles. The summed E-state index contributed by atoms with van der Waals surface area (Å²) in [5.41, 5.74) is 6.49. The number of thiazole rings is 1. The fourth-order valence-corrected chi connectivity index (χ4v) is 7.20. The molecule has 1 aromatic carbocycles. The van der Waals surface area contributed by atoms with Crippen LogP contribution < -0.4 is 15.1 Å². The van der Waals surface area contributed by atoms with Crippen molar-refractivity contribution >= 4 is 51.6 Å². The van der Waals surface area contributed by atoms with Gasteiger partial charge in [0.15, 0.2) is 10.2 Å². The molecule has 0 radical (unpaired) electrons. The van der Waals surface area contributed by atoms with Gasteiger partial charge >= 0.3 is 0 Å². The Balaban J connectivity index is 1.43. The predicted molar refractivity (Wildman–Crippen MR) is 161 cm³/mol. The zero-order chi connectivity index (χ0) is 26.4. The first kappa shape index (κ1) is 25.3. The highest BCUT2D eigenvalue weighted by atomic mass is 35.5. The maximum absolute atomic E-state index is 6.95. The van der Waals surface area contributed by atoms with Crippen molar-refractivity contribution in [3.05, 3.63) is 87.9 Å². The molecular formula is C29H31ClN6S2. The average Bonchev–Trinajstić information content (AvgIpc) is 3.63. The minimum atomic E-state index is -0.115. The molecule has 6 nitrogen and oxygen atoms in total. The summed E-state index contributed by atoms with van der Waals surface area (Å²) < 4.78 is 2.22. The number of nitrogens with zero attached hydrogens (tertiary/aromatic N) is 5. The molecule has 9 heteroatoms. The molecular weight excluding hydrogens is 532 g/mol. The summed E-state index contributed by atoms with van der Waals surface area (Å²) >= 11 is 14.5. The third kappa shape index (κ3) is 4.48. The molecule has 2 aliphatic rings. The third-order valence-electron chi connectivity index (χ3n) is 7.83. The summed E-state index contributed by atoms with van der Waals surface area (Å²) in [6.07, 6.45) is 6.08. The van der Waals surface area contributed by atoms with Crippen LogP contribution in [0.15, 0.2) is 60.2 Å². The van der Waals surface area contributed by atoms with E-state index < -0.39 is 0 Å². The summed E-state index contributed by atoms with van der Waals surface area (Å²) in [7, 11) is 0. The van der Waals surface area contributed by atoms with Crippen molar-refractivity contribution in [2.45, 2.75) is 45.7 Å². The summed E-state index contributed by atoms with van der Waals surface area (Å²) in [5.74, 6) is 0.769. The highest BCUT2D eigenvalue weighted by molar-refractivity contribution is 7.80. The molecule has 1 N–H and O–H groups in total. The molecule has 0 unspecified atom stereocenters. The second-order valence-corrected chi connectivity index (χ2v) is 11.9. The zero-order valence-corrected chi connectivity index (χ0v) is 24.2. The lowest BCUT2D eigenvalue weighted by Gasteiger charge is -2.33. The van der Waals surface area contributed by atoms with Gasteiger partial charge in [-0.15, -0.1) is 11.3 Å². The van der Waals surface area contributed by atoms with Crippen LogP contribution in [0, 0.1) is 19.8 Å². The van der Waals surface area contributed by atoms with Crippen LogP contribution in [0.3, 0.4) is 0 Å². The van der Waals surface area contributed by atoms with E-state index in [4.69, 9.17) is 28.8 Å². The molecule has 0 spiro atoms. The van der Waals surface area contributed by atoms with Gasteiger partial charge < -0.3 is 15.1 Å². The number of aromatic nitrogens is 3. The van der Waals surface area contributed by atoms with Crippen LogP contribution in [0.2, 0.25) is 5.02 Å². The van der Waals surface area contributed by atoms with Crippen molar-refractivity contribution in [2.75, 3.05) is 22.9 Å². The molecule has 0 amide bonds. The van der Waals surface area contributed by atoms with Gasteiger partial charge in [-0.1, -0.05) is 24.6 Å². The number of pyridine rings is 1. The first-order valence-corrected chi connectivity index (χ1v) is 14.7. The van der Waals surface area contributed by atoms with Gasteiger partial charge in [0.25, 0.3) is 0 Å². The summed E-state index contributed by atoms with van der Waals surface area (Å²) in [4.78, 5) is 13.9. The van der Waals surface area contributed by atoms with Gasteiger partial charge in [0, 0.05) is 47.9 Å². The maximum Gasteiger partial charge on any atom is 0.193 e. The molecule has 4 aromatic rings. The van der Waals surface area contributed by atoms with Crippen LogP contribution in [-0.2, 0) is 0 Å². The molecule has 196 valence electrons. The van der Waals surface area contributed by atoms with Crippen molar-refractivity contribution in [3.63, 3.8) is 0 Å². The lowest BCUT2D eigenvalue weighted by atomic mass is 9.96. The summed E-state index contributed by atoms with van der Waals surface area (Å²) in [5, 5.41) is 7.98. The van der Waals surface area contributed by atoms with E-state index in [1.54, 1.807) is 11.3 Å². The van der Waals surface area contributed by atoms with Gasteiger partial charge in [0.05, 0.1) is 28.5 Å². The SMILES string of the molecule is Cc1cc([C@H]2[C@H](c3ccccn3)NC(=S)N2c2ccc(N3CCC(C)CC3)c(Cl)c2)c(C)n1-c1nccs1. The Morgan fingerprint density at radius 1 is 1.05 bits per heavy atom. The molecule has 2 fully saturated rings. The topological polar surface area (TPSA) is 49.2 Å². The van der Waals surface area contributed by atoms with E-state index in [1.807, 2.05) is 29.9 Å². The molecule has 38 heavy (non-hydrogen) atoms. The van der Waals surface area contributed by atoms with E-state index in [0.717, 1.165) is 57.6 Å². The largest absolute Gasteiger partial charge is 0.370 e. The smallest absolute Gasteiger partial charge is 0.193 e. The second-order valence-electron chi connectivity index (χ2n) is 10.3. The molecule has 3 aromatic heterocycles. The van der Waals surface area contributed by atoms with Crippen LogP contribution in [0.4, 0.5) is 11.4 Å². The fourth-order valence-electron chi connectivity index (χ4n) is 5.81. The monoisotopic (exact) mass is 562 g/mol. The number of halogens is 1. The van der Waals surface area contributed by atoms with Crippen LogP contribution >= 0.6 is 35.2 Å². The lowest BCUT2D eigenvalue weighted by Crippen LogP contribution is -2.33. The molecule has 6 rings (SSSR count). The highest BCUT2D eigenvalue weighted by Gasteiger charge is 2.42. The number of anilines is 2. The first-order valence-electron chi connectivity index (χ1n) is 13.1. The molecule has 2 atom stereocenters. The molecule has 2 aliphatic heterocycles. The number of nitrogens with one attached hydrogen (secondary N) is 1. The van der Waals surface area contributed by atoms with Crippen molar-refractivity contribution in [1.82, 2.24) is 19.9 Å².